The number of carbonyl (C=O) groups excluding carboxylic acids is 1. The molecule has 0 aliphatic rings. The van der Waals surface area contributed by atoms with E-state index in [-0.39, 0.29) is 10.6 Å². The van der Waals surface area contributed by atoms with Crippen molar-refractivity contribution < 1.29 is 4.79 Å². The normalized spacial score (nSPS) is 10.8. The molecule has 4 nitrogen and oxygen atoms in total. The van der Waals surface area contributed by atoms with Crippen LogP contribution in [0.1, 0.15) is 5.56 Å². The number of amides is 1. The largest absolute Gasteiger partial charge is 0.320 e. The molecule has 1 N–H and O–H groups in total. The van der Waals surface area contributed by atoms with Gasteiger partial charge in [-0.1, -0.05) is 29.3 Å². The highest BCUT2D eigenvalue weighted by molar-refractivity contribution is 6.44. The quantitative estimate of drug-likeness (QED) is 0.689. The summed E-state index contributed by atoms with van der Waals surface area (Å²) in [6, 6.07) is 10.1. The molecule has 0 unspecified atom stereocenters. The van der Waals surface area contributed by atoms with Gasteiger partial charge in [0, 0.05) is 12.4 Å². The number of nitriles is 1. The summed E-state index contributed by atoms with van der Waals surface area (Å²) < 4.78 is 0. The van der Waals surface area contributed by atoms with E-state index in [4.69, 9.17) is 28.5 Å². The minimum Gasteiger partial charge on any atom is -0.320 e. The molecule has 0 aliphatic heterocycles. The molecular weight excluding hydrogens is 309 g/mol. The molecule has 0 saturated heterocycles. The number of aromatic nitrogens is 1. The molecule has 0 atom stereocenters. The van der Waals surface area contributed by atoms with E-state index in [0.29, 0.717) is 16.3 Å². The number of rotatable bonds is 3. The first-order chi connectivity index (χ1) is 10.1. The highest BCUT2D eigenvalue weighted by Crippen LogP contribution is 2.29. The Labute approximate surface area is 131 Å². The van der Waals surface area contributed by atoms with Gasteiger partial charge in [-0.05, 0) is 35.9 Å². The van der Waals surface area contributed by atoms with Crippen LogP contribution < -0.4 is 5.32 Å². The molecule has 0 saturated carbocycles. The highest BCUT2D eigenvalue weighted by Gasteiger charge is 2.12. The Bertz CT molecular complexity index is 736. The second-order valence-electron chi connectivity index (χ2n) is 4.01. The van der Waals surface area contributed by atoms with E-state index < -0.39 is 5.91 Å². The lowest BCUT2D eigenvalue weighted by molar-refractivity contribution is -0.112. The van der Waals surface area contributed by atoms with Crippen molar-refractivity contribution in [3.63, 3.8) is 0 Å². The Morgan fingerprint density at radius 2 is 1.95 bits per heavy atom. The van der Waals surface area contributed by atoms with Gasteiger partial charge in [0.1, 0.15) is 11.6 Å². The van der Waals surface area contributed by atoms with Crippen LogP contribution >= 0.6 is 23.2 Å². The van der Waals surface area contributed by atoms with Gasteiger partial charge in [0.05, 0.1) is 15.7 Å². The monoisotopic (exact) mass is 317 g/mol. The Morgan fingerprint density at radius 3 is 2.62 bits per heavy atom. The molecule has 1 amide bonds. The maximum Gasteiger partial charge on any atom is 0.266 e. The lowest BCUT2D eigenvalue weighted by atomic mass is 10.1. The van der Waals surface area contributed by atoms with Crippen LogP contribution in [0.4, 0.5) is 5.69 Å². The van der Waals surface area contributed by atoms with Gasteiger partial charge < -0.3 is 5.32 Å². The summed E-state index contributed by atoms with van der Waals surface area (Å²) in [5.74, 6) is -0.557. The van der Waals surface area contributed by atoms with Gasteiger partial charge in [0.2, 0.25) is 0 Å². The fraction of sp³-hybridized carbons (Fsp3) is 0. The van der Waals surface area contributed by atoms with Gasteiger partial charge >= 0.3 is 0 Å². The zero-order chi connectivity index (χ0) is 15.2. The van der Waals surface area contributed by atoms with Crippen molar-refractivity contribution in [3.8, 4) is 6.07 Å². The van der Waals surface area contributed by atoms with Gasteiger partial charge in [-0.3, -0.25) is 9.78 Å². The smallest absolute Gasteiger partial charge is 0.266 e. The second kappa shape index (κ2) is 6.89. The maximum atomic E-state index is 12.1. The van der Waals surface area contributed by atoms with Crippen LogP contribution in [0.3, 0.4) is 0 Å². The molecule has 6 heteroatoms. The lowest BCUT2D eigenvalue weighted by Crippen LogP contribution is -2.13. The molecule has 104 valence electrons. The van der Waals surface area contributed by atoms with E-state index in [0.717, 1.165) is 0 Å². The predicted octanol–water partition coefficient (Wildman–Crippen LogP) is 3.93. The predicted molar refractivity (Wildman–Crippen MR) is 82.9 cm³/mol. The van der Waals surface area contributed by atoms with Crippen LogP contribution in [0.25, 0.3) is 6.08 Å². The molecule has 0 fully saturated rings. The zero-order valence-corrected chi connectivity index (χ0v) is 12.2. The van der Waals surface area contributed by atoms with E-state index >= 15 is 0 Å². The Balaban J connectivity index is 2.24. The minimum absolute atomic E-state index is 0.0442. The molecule has 0 aliphatic carbocycles. The summed E-state index contributed by atoms with van der Waals surface area (Å²) in [6.45, 7) is 0. The number of hydrogen-bond donors (Lipinski definition) is 1. The van der Waals surface area contributed by atoms with E-state index in [1.165, 1.54) is 6.08 Å². The van der Waals surface area contributed by atoms with Crippen molar-refractivity contribution in [2.75, 3.05) is 5.32 Å². The van der Waals surface area contributed by atoms with Crippen molar-refractivity contribution in [2.24, 2.45) is 0 Å². The summed E-state index contributed by atoms with van der Waals surface area (Å²) in [5, 5.41) is 12.2. The summed E-state index contributed by atoms with van der Waals surface area (Å²) in [5.41, 5.74) is 1.01. The van der Waals surface area contributed by atoms with Crippen molar-refractivity contribution in [1.82, 2.24) is 4.98 Å². The molecule has 0 radical (unpaired) electrons. The van der Waals surface area contributed by atoms with Crippen molar-refractivity contribution in [2.45, 2.75) is 0 Å². The third-order valence-corrected chi connectivity index (χ3v) is 3.40. The Morgan fingerprint density at radius 1 is 1.24 bits per heavy atom. The van der Waals surface area contributed by atoms with Crippen LogP contribution in [-0.2, 0) is 4.79 Å². The summed E-state index contributed by atoms with van der Waals surface area (Å²) >= 11 is 11.9. The van der Waals surface area contributed by atoms with Crippen molar-refractivity contribution >= 4 is 40.9 Å². The molecule has 1 aromatic carbocycles. The number of hydrogen-bond acceptors (Lipinski definition) is 3. The van der Waals surface area contributed by atoms with Crippen LogP contribution in [0.5, 0.6) is 0 Å². The average molecular weight is 318 g/mol. The average Bonchev–Trinajstić information content (AvgIpc) is 2.50. The standard InChI is InChI=1S/C15H9Cl2N3O/c16-12-2-1-3-13(14(12)17)20-15(21)11(9-18)8-10-4-6-19-7-5-10/h1-8H,(H,20,21)/b11-8+. The minimum atomic E-state index is -0.557. The summed E-state index contributed by atoms with van der Waals surface area (Å²) in [7, 11) is 0. The maximum absolute atomic E-state index is 12.1. The molecule has 1 heterocycles. The highest BCUT2D eigenvalue weighted by atomic mass is 35.5. The van der Waals surface area contributed by atoms with Crippen molar-refractivity contribution in [1.29, 1.82) is 5.26 Å². The van der Waals surface area contributed by atoms with E-state index in [9.17, 15) is 4.79 Å². The first kappa shape index (κ1) is 15.0. The molecular formula is C15H9Cl2N3O. The van der Waals surface area contributed by atoms with Crippen LogP contribution in [0.15, 0.2) is 48.3 Å². The molecule has 2 aromatic rings. The van der Waals surface area contributed by atoms with E-state index in [1.54, 1.807) is 42.7 Å². The SMILES string of the molecule is N#C/C(=C\c1ccncc1)C(=O)Nc1cccc(Cl)c1Cl. The van der Waals surface area contributed by atoms with Crippen LogP contribution in [0, 0.1) is 11.3 Å². The second-order valence-corrected chi connectivity index (χ2v) is 4.79. The van der Waals surface area contributed by atoms with E-state index in [1.807, 2.05) is 6.07 Å². The first-order valence-electron chi connectivity index (χ1n) is 5.89. The number of anilines is 1. The van der Waals surface area contributed by atoms with Crippen LogP contribution in [0.2, 0.25) is 10.0 Å². The molecule has 0 spiro atoms. The third-order valence-electron chi connectivity index (χ3n) is 2.58. The first-order valence-corrected chi connectivity index (χ1v) is 6.64. The fourth-order valence-electron chi connectivity index (χ4n) is 1.56. The molecule has 2 rings (SSSR count). The van der Waals surface area contributed by atoms with Gasteiger partial charge in [-0.25, -0.2) is 0 Å². The number of pyridine rings is 1. The van der Waals surface area contributed by atoms with E-state index in [2.05, 4.69) is 10.3 Å². The molecule has 0 bridgehead atoms. The number of nitrogens with zero attached hydrogens (tertiary/aromatic N) is 2. The Kier molecular flexibility index (Phi) is 4.94. The van der Waals surface area contributed by atoms with Gasteiger partial charge in [0.25, 0.3) is 5.91 Å². The van der Waals surface area contributed by atoms with Crippen LogP contribution in [-0.4, -0.2) is 10.9 Å². The van der Waals surface area contributed by atoms with Crippen molar-refractivity contribution in [3.05, 3.63) is 63.9 Å². The number of carbonyl (C=O) groups is 1. The summed E-state index contributed by atoms with van der Waals surface area (Å²) in [6.07, 6.45) is 4.62. The third kappa shape index (κ3) is 3.82. The number of benzene rings is 1. The van der Waals surface area contributed by atoms with Gasteiger partial charge in [0.15, 0.2) is 0 Å². The van der Waals surface area contributed by atoms with Gasteiger partial charge in [-0.15, -0.1) is 0 Å². The lowest BCUT2D eigenvalue weighted by Gasteiger charge is -2.07. The van der Waals surface area contributed by atoms with Gasteiger partial charge in [-0.2, -0.15) is 5.26 Å². The summed E-state index contributed by atoms with van der Waals surface area (Å²) in [4.78, 5) is 16.0. The number of halogens is 2. The molecule has 1 aromatic heterocycles. The number of nitrogens with one attached hydrogen (secondary N) is 1. The fourth-order valence-corrected chi connectivity index (χ4v) is 1.91. The topological polar surface area (TPSA) is 65.8 Å². The molecule has 21 heavy (non-hydrogen) atoms. The zero-order valence-electron chi connectivity index (χ0n) is 10.7. The Hall–Kier alpha value is -2.35.